The van der Waals surface area contributed by atoms with Gasteiger partial charge in [0.15, 0.2) is 0 Å². The van der Waals surface area contributed by atoms with Gasteiger partial charge in [0.05, 0.1) is 22.3 Å². The van der Waals surface area contributed by atoms with Crippen molar-refractivity contribution in [2.24, 2.45) is 0 Å². The predicted octanol–water partition coefficient (Wildman–Crippen LogP) is 2.50. The first-order valence-corrected chi connectivity index (χ1v) is 7.74. The number of halogens is 3. The average molecular weight is 298 g/mol. The van der Waals surface area contributed by atoms with Crippen molar-refractivity contribution in [2.45, 2.75) is 4.90 Å². The second-order valence-electron chi connectivity index (χ2n) is 2.97. The van der Waals surface area contributed by atoms with Crippen LogP contribution in [0.1, 0.15) is 5.56 Å². The number of thioether (sulfide) groups is 1. The third-order valence-corrected chi connectivity index (χ3v) is 4.20. The minimum absolute atomic E-state index is 0.0639. The minimum atomic E-state index is -3.68. The van der Waals surface area contributed by atoms with Crippen molar-refractivity contribution in [1.29, 1.82) is 5.26 Å². The molecule has 0 aromatic heterocycles. The number of hydrogen-bond donors (Lipinski definition) is 0. The molecule has 0 aliphatic heterocycles. The lowest BCUT2D eigenvalue weighted by Gasteiger charge is -2.04. The highest BCUT2D eigenvalue weighted by Crippen LogP contribution is 2.26. The van der Waals surface area contributed by atoms with Crippen molar-refractivity contribution >= 4 is 31.5 Å². The Kier molecular flexibility index (Phi) is 4.74. The number of nitrogens with zero attached hydrogens (tertiary/aromatic N) is 1. The van der Waals surface area contributed by atoms with Gasteiger partial charge in [-0.25, -0.2) is 17.2 Å². The van der Waals surface area contributed by atoms with E-state index in [-0.39, 0.29) is 16.2 Å². The summed E-state index contributed by atoms with van der Waals surface area (Å²) in [5.74, 6) is -2.24. The molecule has 0 heterocycles. The van der Waals surface area contributed by atoms with Crippen LogP contribution in [0.3, 0.4) is 0 Å². The van der Waals surface area contributed by atoms with Gasteiger partial charge in [-0.1, -0.05) is 0 Å². The second-order valence-corrected chi connectivity index (χ2v) is 6.97. The highest BCUT2D eigenvalue weighted by Gasteiger charge is 2.13. The van der Waals surface area contributed by atoms with Gasteiger partial charge in [0.25, 0.3) is 0 Å². The molecule has 0 bridgehead atoms. The van der Waals surface area contributed by atoms with Gasteiger partial charge in [0.2, 0.25) is 9.05 Å². The molecule has 0 radical (unpaired) electrons. The summed E-state index contributed by atoms with van der Waals surface area (Å²) in [6, 6.07) is 3.39. The van der Waals surface area contributed by atoms with Crippen LogP contribution in [0.2, 0.25) is 0 Å². The average Bonchev–Trinajstić information content (AvgIpc) is 2.20. The monoisotopic (exact) mass is 297 g/mol. The topological polar surface area (TPSA) is 57.9 Å². The predicted molar refractivity (Wildman–Crippen MR) is 61.4 cm³/mol. The third-order valence-electron chi connectivity index (χ3n) is 1.70. The standard InChI is InChI=1S/C9H6ClF2NO2S2/c10-17(14,15)2-1-16-9-7(11)3-6(5-13)4-8(9)12/h3-4H,1-2H2. The quantitative estimate of drug-likeness (QED) is 0.633. The number of rotatable bonds is 4. The fraction of sp³-hybridized carbons (Fsp3) is 0.222. The van der Waals surface area contributed by atoms with Crippen LogP contribution in [0, 0.1) is 23.0 Å². The van der Waals surface area contributed by atoms with E-state index in [1.54, 1.807) is 6.07 Å². The number of nitriles is 1. The first-order valence-electron chi connectivity index (χ1n) is 4.28. The van der Waals surface area contributed by atoms with Crippen LogP contribution < -0.4 is 0 Å². The van der Waals surface area contributed by atoms with Crippen molar-refractivity contribution in [3.8, 4) is 6.07 Å². The Morgan fingerprint density at radius 1 is 1.35 bits per heavy atom. The van der Waals surface area contributed by atoms with Crippen molar-refractivity contribution in [2.75, 3.05) is 11.5 Å². The molecule has 17 heavy (non-hydrogen) atoms. The molecule has 1 rings (SSSR count). The highest BCUT2D eigenvalue weighted by atomic mass is 35.7. The van der Waals surface area contributed by atoms with E-state index >= 15 is 0 Å². The van der Waals surface area contributed by atoms with E-state index in [1.807, 2.05) is 0 Å². The molecule has 0 N–H and O–H groups in total. The zero-order chi connectivity index (χ0) is 13.1. The molecule has 8 heteroatoms. The molecule has 0 saturated carbocycles. The van der Waals surface area contributed by atoms with E-state index in [0.29, 0.717) is 11.8 Å². The Bertz CT molecular complexity index is 546. The summed E-state index contributed by atoms with van der Waals surface area (Å²) >= 11 is 0.697. The Labute approximate surface area is 106 Å². The van der Waals surface area contributed by atoms with Crippen LogP contribution in [-0.4, -0.2) is 19.9 Å². The van der Waals surface area contributed by atoms with Crippen molar-refractivity contribution in [1.82, 2.24) is 0 Å². The Balaban J connectivity index is 2.83. The van der Waals surface area contributed by atoms with E-state index in [9.17, 15) is 17.2 Å². The summed E-state index contributed by atoms with van der Waals surface area (Å²) in [6.07, 6.45) is 0. The van der Waals surface area contributed by atoms with E-state index < -0.39 is 26.4 Å². The van der Waals surface area contributed by atoms with Crippen LogP contribution in [-0.2, 0) is 9.05 Å². The summed E-state index contributed by atoms with van der Waals surface area (Å²) in [5, 5.41) is 8.47. The maximum Gasteiger partial charge on any atom is 0.233 e. The fourth-order valence-corrected chi connectivity index (χ4v) is 3.30. The highest BCUT2D eigenvalue weighted by molar-refractivity contribution is 8.14. The smallest absolute Gasteiger partial charge is 0.212 e. The molecule has 0 amide bonds. The molecule has 92 valence electrons. The molecule has 3 nitrogen and oxygen atoms in total. The maximum absolute atomic E-state index is 13.3. The van der Waals surface area contributed by atoms with E-state index in [4.69, 9.17) is 15.9 Å². The first-order chi connectivity index (χ1) is 7.83. The van der Waals surface area contributed by atoms with Crippen LogP contribution in [0.4, 0.5) is 8.78 Å². The molecule has 0 saturated heterocycles. The summed E-state index contributed by atoms with van der Waals surface area (Å²) < 4.78 is 47.9. The summed E-state index contributed by atoms with van der Waals surface area (Å²) in [4.78, 5) is -0.315. The zero-order valence-electron chi connectivity index (χ0n) is 8.28. The molecule has 0 unspecified atom stereocenters. The minimum Gasteiger partial charge on any atom is -0.212 e. The lowest BCUT2D eigenvalue weighted by molar-refractivity contribution is 0.540. The van der Waals surface area contributed by atoms with Gasteiger partial charge in [-0.05, 0) is 12.1 Å². The molecule has 0 aliphatic rings. The largest absolute Gasteiger partial charge is 0.233 e. The summed E-state index contributed by atoms with van der Waals surface area (Å²) in [6.45, 7) is 0. The molecule has 0 spiro atoms. The van der Waals surface area contributed by atoms with Gasteiger partial charge in [-0.3, -0.25) is 0 Å². The number of hydrogen-bond acceptors (Lipinski definition) is 4. The molecule has 0 atom stereocenters. The van der Waals surface area contributed by atoms with E-state index in [2.05, 4.69) is 0 Å². The molecule has 1 aromatic carbocycles. The van der Waals surface area contributed by atoms with Gasteiger partial charge >= 0.3 is 0 Å². The maximum atomic E-state index is 13.3. The molecule has 1 aromatic rings. The lowest BCUT2D eigenvalue weighted by atomic mass is 10.2. The van der Waals surface area contributed by atoms with Crippen LogP contribution in [0.25, 0.3) is 0 Å². The molecular formula is C9H6ClF2NO2S2. The second kappa shape index (κ2) is 5.67. The zero-order valence-corrected chi connectivity index (χ0v) is 10.7. The molecular weight excluding hydrogens is 292 g/mol. The summed E-state index contributed by atoms with van der Waals surface area (Å²) in [5.41, 5.74) is -0.130. The molecule has 0 aliphatic carbocycles. The van der Waals surface area contributed by atoms with E-state index in [1.165, 1.54) is 0 Å². The Morgan fingerprint density at radius 3 is 2.29 bits per heavy atom. The van der Waals surface area contributed by atoms with Gasteiger partial charge in [-0.2, -0.15) is 5.26 Å². The normalized spacial score (nSPS) is 11.2. The summed E-state index contributed by atoms with van der Waals surface area (Å²) in [7, 11) is 1.28. The Hall–Kier alpha value is -0.840. The van der Waals surface area contributed by atoms with Crippen molar-refractivity contribution in [3.63, 3.8) is 0 Å². The van der Waals surface area contributed by atoms with Crippen LogP contribution in [0.15, 0.2) is 17.0 Å². The fourth-order valence-electron chi connectivity index (χ4n) is 1.01. The van der Waals surface area contributed by atoms with Gasteiger partial charge in [0, 0.05) is 16.4 Å². The van der Waals surface area contributed by atoms with Gasteiger partial charge in [0.1, 0.15) is 11.6 Å². The number of benzene rings is 1. The van der Waals surface area contributed by atoms with Gasteiger partial charge < -0.3 is 0 Å². The van der Waals surface area contributed by atoms with Crippen LogP contribution in [0.5, 0.6) is 0 Å². The lowest BCUT2D eigenvalue weighted by Crippen LogP contribution is -2.01. The third kappa shape index (κ3) is 4.50. The van der Waals surface area contributed by atoms with Gasteiger partial charge in [-0.15, -0.1) is 11.8 Å². The Morgan fingerprint density at radius 2 is 1.88 bits per heavy atom. The SMILES string of the molecule is N#Cc1cc(F)c(SCCS(=O)(=O)Cl)c(F)c1. The van der Waals surface area contributed by atoms with Crippen LogP contribution >= 0.6 is 22.4 Å². The first kappa shape index (κ1) is 14.2. The van der Waals surface area contributed by atoms with Crippen molar-refractivity contribution in [3.05, 3.63) is 29.3 Å². The van der Waals surface area contributed by atoms with E-state index in [0.717, 1.165) is 12.1 Å². The molecule has 0 fully saturated rings. The van der Waals surface area contributed by atoms with Crippen molar-refractivity contribution < 1.29 is 17.2 Å².